The molecule has 3 aromatic rings. The number of hydrogen-bond donors (Lipinski definition) is 0. The van der Waals surface area contributed by atoms with Gasteiger partial charge in [-0.3, -0.25) is 4.79 Å². The number of rotatable bonds is 6. The summed E-state index contributed by atoms with van der Waals surface area (Å²) in [7, 11) is 1.45. The van der Waals surface area contributed by atoms with E-state index in [0.717, 1.165) is 53.8 Å². The average molecular weight is 429 g/mol. The molecule has 5 heteroatoms. The lowest BCUT2D eigenvalue weighted by atomic mass is 9.87. The Hall–Kier alpha value is -3.47. The molecule has 0 amide bonds. The maximum absolute atomic E-state index is 11.7. The van der Waals surface area contributed by atoms with Crippen LogP contribution >= 0.6 is 0 Å². The lowest BCUT2D eigenvalue weighted by molar-refractivity contribution is -0.147. The van der Waals surface area contributed by atoms with Crippen LogP contribution in [0.25, 0.3) is 0 Å². The zero-order chi connectivity index (χ0) is 22.3. The Morgan fingerprint density at radius 2 is 1.53 bits per heavy atom. The maximum Gasteiger partial charge on any atom is 0.308 e. The van der Waals surface area contributed by atoms with Crippen LogP contribution < -0.4 is 4.74 Å². The Morgan fingerprint density at radius 1 is 0.938 bits per heavy atom. The molecular formula is C27H28N2O3. The molecule has 5 nitrogen and oxygen atoms in total. The van der Waals surface area contributed by atoms with Crippen molar-refractivity contribution in [1.82, 2.24) is 4.98 Å². The quantitative estimate of drug-likeness (QED) is 0.375. The maximum atomic E-state index is 11.7. The molecule has 0 spiro atoms. The molecule has 0 N–H and O–H groups in total. The standard InChI is InChI=1S/C27H28N2O3/c1-19-17-23(18-28-26(19)32-24-15-13-22(14-16-24)27(30)31-2)29-25(20-9-5-3-6-10-20)21-11-7-4-8-12-21/h3-12,17-18,22,24H,13-16H2,1-2H3/t22-,24+. The number of esters is 1. The minimum absolute atomic E-state index is 0.0139. The highest BCUT2D eigenvalue weighted by Gasteiger charge is 2.28. The fourth-order valence-corrected chi connectivity index (χ4v) is 4.09. The summed E-state index contributed by atoms with van der Waals surface area (Å²) in [5.74, 6) is 0.499. The molecule has 1 aliphatic carbocycles. The Morgan fingerprint density at radius 3 is 2.06 bits per heavy atom. The van der Waals surface area contributed by atoms with Gasteiger partial charge in [-0.2, -0.15) is 0 Å². The number of aryl methyl sites for hydroxylation is 1. The van der Waals surface area contributed by atoms with Crippen molar-refractivity contribution in [2.45, 2.75) is 38.7 Å². The minimum atomic E-state index is -0.118. The number of carbonyl (C=O) groups is 1. The molecule has 0 aliphatic heterocycles. The van der Waals surface area contributed by atoms with Gasteiger partial charge in [0.05, 0.1) is 30.6 Å². The zero-order valence-corrected chi connectivity index (χ0v) is 18.5. The van der Waals surface area contributed by atoms with E-state index in [-0.39, 0.29) is 18.0 Å². The van der Waals surface area contributed by atoms with E-state index in [0.29, 0.717) is 5.88 Å². The fraction of sp³-hybridized carbons (Fsp3) is 0.296. The van der Waals surface area contributed by atoms with Gasteiger partial charge in [0.25, 0.3) is 0 Å². The molecule has 1 heterocycles. The second-order valence-corrected chi connectivity index (χ2v) is 8.12. The number of carbonyl (C=O) groups excluding carboxylic acids is 1. The molecule has 0 saturated heterocycles. The lowest BCUT2D eigenvalue weighted by Crippen LogP contribution is -2.29. The first-order valence-corrected chi connectivity index (χ1v) is 11.0. The molecule has 0 radical (unpaired) electrons. The second kappa shape index (κ2) is 10.2. The smallest absolute Gasteiger partial charge is 0.308 e. The topological polar surface area (TPSA) is 60.8 Å². The summed E-state index contributed by atoms with van der Waals surface area (Å²) in [5, 5.41) is 0. The van der Waals surface area contributed by atoms with E-state index in [1.807, 2.05) is 49.4 Å². The van der Waals surface area contributed by atoms with E-state index < -0.39 is 0 Å². The van der Waals surface area contributed by atoms with E-state index in [1.165, 1.54) is 7.11 Å². The predicted molar refractivity (Wildman–Crippen MR) is 126 cm³/mol. The van der Waals surface area contributed by atoms with Crippen LogP contribution in [0.15, 0.2) is 77.9 Å². The van der Waals surface area contributed by atoms with Crippen molar-refractivity contribution >= 4 is 17.4 Å². The first-order chi connectivity index (χ1) is 15.6. The third-order valence-electron chi connectivity index (χ3n) is 5.84. The van der Waals surface area contributed by atoms with Crippen LogP contribution in [0.1, 0.15) is 42.4 Å². The summed E-state index contributed by atoms with van der Waals surface area (Å²) in [6, 6.07) is 22.3. The van der Waals surface area contributed by atoms with Crippen molar-refractivity contribution in [3.63, 3.8) is 0 Å². The molecule has 2 aromatic carbocycles. The fourth-order valence-electron chi connectivity index (χ4n) is 4.09. The first-order valence-electron chi connectivity index (χ1n) is 11.0. The highest BCUT2D eigenvalue weighted by atomic mass is 16.5. The Balaban J connectivity index is 1.52. The normalized spacial score (nSPS) is 17.9. The van der Waals surface area contributed by atoms with Crippen molar-refractivity contribution in [2.75, 3.05) is 7.11 Å². The van der Waals surface area contributed by atoms with Gasteiger partial charge in [-0.05, 0) is 38.7 Å². The van der Waals surface area contributed by atoms with Crippen LogP contribution in [0.2, 0.25) is 0 Å². The largest absolute Gasteiger partial charge is 0.474 e. The molecule has 1 saturated carbocycles. The van der Waals surface area contributed by atoms with Crippen molar-refractivity contribution in [3.05, 3.63) is 89.6 Å². The SMILES string of the molecule is COC(=O)[C@H]1CC[C@@H](Oc2ncc(N=C(c3ccccc3)c3ccccc3)cc2C)CC1. The van der Waals surface area contributed by atoms with Crippen molar-refractivity contribution < 1.29 is 14.3 Å². The predicted octanol–water partition coefficient (Wildman–Crippen LogP) is 5.67. The minimum Gasteiger partial charge on any atom is -0.474 e. The molecular weight excluding hydrogens is 400 g/mol. The van der Waals surface area contributed by atoms with Crippen LogP contribution in [0.4, 0.5) is 5.69 Å². The summed E-state index contributed by atoms with van der Waals surface area (Å²) in [6.07, 6.45) is 5.06. The molecule has 0 unspecified atom stereocenters. The van der Waals surface area contributed by atoms with Gasteiger partial charge in [-0.1, -0.05) is 60.7 Å². The molecule has 4 rings (SSSR count). The number of aliphatic imine (C=N–C) groups is 1. The lowest BCUT2D eigenvalue weighted by Gasteiger charge is -2.27. The molecule has 1 fully saturated rings. The summed E-state index contributed by atoms with van der Waals surface area (Å²) in [6.45, 7) is 1.99. The second-order valence-electron chi connectivity index (χ2n) is 8.12. The summed E-state index contributed by atoms with van der Waals surface area (Å²) < 4.78 is 11.0. The van der Waals surface area contributed by atoms with Crippen LogP contribution in [0, 0.1) is 12.8 Å². The molecule has 0 bridgehead atoms. The highest BCUT2D eigenvalue weighted by molar-refractivity contribution is 6.13. The number of ether oxygens (including phenoxy) is 2. The third kappa shape index (κ3) is 5.22. The van der Waals surface area contributed by atoms with Crippen LogP contribution in [-0.4, -0.2) is 29.9 Å². The first kappa shape index (κ1) is 21.8. The summed E-state index contributed by atoms with van der Waals surface area (Å²) in [5.41, 5.74) is 4.74. The van der Waals surface area contributed by atoms with Gasteiger partial charge >= 0.3 is 5.97 Å². The molecule has 0 atom stereocenters. The van der Waals surface area contributed by atoms with Crippen LogP contribution in [0.5, 0.6) is 5.88 Å². The molecule has 164 valence electrons. The van der Waals surface area contributed by atoms with E-state index in [1.54, 1.807) is 6.20 Å². The van der Waals surface area contributed by atoms with Crippen LogP contribution in [-0.2, 0) is 9.53 Å². The Kier molecular flexibility index (Phi) is 6.95. The van der Waals surface area contributed by atoms with Crippen molar-refractivity contribution in [1.29, 1.82) is 0 Å². The average Bonchev–Trinajstić information content (AvgIpc) is 2.85. The summed E-state index contributed by atoms with van der Waals surface area (Å²) >= 11 is 0. The molecule has 1 aliphatic rings. The van der Waals surface area contributed by atoms with Crippen LogP contribution in [0.3, 0.4) is 0 Å². The van der Waals surface area contributed by atoms with Gasteiger partial charge < -0.3 is 9.47 Å². The van der Waals surface area contributed by atoms with Gasteiger partial charge in [0.15, 0.2) is 0 Å². The monoisotopic (exact) mass is 428 g/mol. The zero-order valence-electron chi connectivity index (χ0n) is 18.5. The summed E-state index contributed by atoms with van der Waals surface area (Å²) in [4.78, 5) is 21.2. The van der Waals surface area contributed by atoms with Crippen molar-refractivity contribution in [3.8, 4) is 5.88 Å². The van der Waals surface area contributed by atoms with Gasteiger partial charge in [0, 0.05) is 16.7 Å². The number of pyridine rings is 1. The Labute approximate surface area is 189 Å². The number of methoxy groups -OCH3 is 1. The van der Waals surface area contributed by atoms with Gasteiger partial charge in [0.2, 0.25) is 5.88 Å². The highest BCUT2D eigenvalue weighted by Crippen LogP contribution is 2.30. The van der Waals surface area contributed by atoms with Gasteiger partial charge in [-0.25, -0.2) is 9.98 Å². The Bertz CT molecular complexity index is 1030. The number of hydrogen-bond acceptors (Lipinski definition) is 5. The number of benzene rings is 2. The molecule has 32 heavy (non-hydrogen) atoms. The van der Waals surface area contributed by atoms with Gasteiger partial charge in [-0.15, -0.1) is 0 Å². The third-order valence-corrected chi connectivity index (χ3v) is 5.84. The van der Waals surface area contributed by atoms with Crippen molar-refractivity contribution in [2.24, 2.45) is 10.9 Å². The molecule has 1 aromatic heterocycles. The van der Waals surface area contributed by atoms with E-state index >= 15 is 0 Å². The van der Waals surface area contributed by atoms with E-state index in [2.05, 4.69) is 29.2 Å². The van der Waals surface area contributed by atoms with E-state index in [4.69, 9.17) is 14.5 Å². The van der Waals surface area contributed by atoms with Gasteiger partial charge in [0.1, 0.15) is 6.10 Å². The number of nitrogens with zero attached hydrogens (tertiary/aromatic N) is 2. The van der Waals surface area contributed by atoms with E-state index in [9.17, 15) is 4.79 Å². The number of aromatic nitrogens is 1.